The number of alkyl halides is 3. The van der Waals surface area contributed by atoms with Crippen LogP contribution in [-0.4, -0.2) is 52.3 Å². The molecule has 1 aliphatic heterocycles. The van der Waals surface area contributed by atoms with E-state index in [1.54, 1.807) is 0 Å². The van der Waals surface area contributed by atoms with Crippen molar-refractivity contribution in [3.63, 3.8) is 0 Å². The van der Waals surface area contributed by atoms with Gasteiger partial charge in [-0.05, 0) is 36.4 Å². The lowest BCUT2D eigenvalue weighted by Crippen LogP contribution is -2.54. The number of benzene rings is 2. The first-order valence-electron chi connectivity index (χ1n) is 8.31. The number of carbonyl (C=O) groups excluding carboxylic acids is 1. The molecular weight excluding hydrogens is 381 g/mol. The van der Waals surface area contributed by atoms with Gasteiger partial charge in [0.1, 0.15) is 24.1 Å². The molecule has 0 unspecified atom stereocenters. The summed E-state index contributed by atoms with van der Waals surface area (Å²) in [7, 11) is 0. The fourth-order valence-electron chi connectivity index (χ4n) is 2.68. The Kier molecular flexibility index (Phi) is 5.71. The van der Waals surface area contributed by atoms with Gasteiger partial charge in [-0.1, -0.05) is 12.1 Å². The van der Waals surface area contributed by atoms with E-state index in [1.807, 2.05) is 0 Å². The summed E-state index contributed by atoms with van der Waals surface area (Å²) in [6, 6.07) is 9.56. The van der Waals surface area contributed by atoms with Gasteiger partial charge < -0.3 is 24.8 Å². The molecule has 1 saturated heterocycles. The molecule has 0 spiro atoms. The average molecular weight is 398 g/mol. The Morgan fingerprint density at radius 3 is 2.00 bits per heavy atom. The number of hydrogen-bond acceptors (Lipinski definition) is 6. The quantitative estimate of drug-likeness (QED) is 0.680. The van der Waals surface area contributed by atoms with Gasteiger partial charge in [0.2, 0.25) is 6.29 Å². The van der Waals surface area contributed by atoms with Crippen LogP contribution < -0.4 is 4.74 Å². The molecule has 28 heavy (non-hydrogen) atoms. The highest BCUT2D eigenvalue weighted by Gasteiger charge is 2.39. The van der Waals surface area contributed by atoms with Gasteiger partial charge in [0.25, 0.3) is 0 Å². The van der Waals surface area contributed by atoms with Crippen LogP contribution in [0.1, 0.15) is 21.5 Å². The molecule has 9 heteroatoms. The highest BCUT2D eigenvalue weighted by Crippen LogP contribution is 2.29. The summed E-state index contributed by atoms with van der Waals surface area (Å²) >= 11 is 0. The molecule has 150 valence electrons. The van der Waals surface area contributed by atoms with E-state index in [0.717, 1.165) is 24.3 Å². The first-order valence-corrected chi connectivity index (χ1v) is 8.31. The SMILES string of the molecule is O=C(c1ccc(O[C@@H]2OC[C@@H](O)[C@H](O)[C@H]2O)cc1)c1ccc(C(F)(F)F)cc1. The first kappa shape index (κ1) is 20.3. The predicted octanol–water partition coefficient (Wildman–Crippen LogP) is 1.75. The Balaban J connectivity index is 1.68. The van der Waals surface area contributed by atoms with Crippen LogP contribution >= 0.6 is 0 Å². The zero-order valence-corrected chi connectivity index (χ0v) is 14.3. The van der Waals surface area contributed by atoms with Crippen molar-refractivity contribution in [1.29, 1.82) is 0 Å². The van der Waals surface area contributed by atoms with E-state index in [0.29, 0.717) is 0 Å². The first-order chi connectivity index (χ1) is 13.2. The number of hydrogen-bond donors (Lipinski definition) is 3. The fraction of sp³-hybridized carbons (Fsp3) is 0.316. The topological polar surface area (TPSA) is 96.2 Å². The summed E-state index contributed by atoms with van der Waals surface area (Å²) < 4.78 is 48.3. The molecule has 0 amide bonds. The average Bonchev–Trinajstić information content (AvgIpc) is 2.68. The maximum atomic E-state index is 12.6. The van der Waals surface area contributed by atoms with Crippen molar-refractivity contribution < 1.29 is 42.8 Å². The molecule has 4 atom stereocenters. The van der Waals surface area contributed by atoms with E-state index in [4.69, 9.17) is 9.47 Å². The van der Waals surface area contributed by atoms with Gasteiger partial charge in [0, 0.05) is 11.1 Å². The second kappa shape index (κ2) is 7.88. The lowest BCUT2D eigenvalue weighted by atomic mass is 10.0. The molecular formula is C19H17F3O6. The van der Waals surface area contributed by atoms with Gasteiger partial charge in [-0.3, -0.25) is 4.79 Å². The predicted molar refractivity (Wildman–Crippen MR) is 89.7 cm³/mol. The molecule has 3 N–H and O–H groups in total. The largest absolute Gasteiger partial charge is 0.462 e. The van der Waals surface area contributed by atoms with Gasteiger partial charge in [-0.15, -0.1) is 0 Å². The van der Waals surface area contributed by atoms with E-state index in [1.165, 1.54) is 24.3 Å². The van der Waals surface area contributed by atoms with Gasteiger partial charge in [0.15, 0.2) is 5.78 Å². The van der Waals surface area contributed by atoms with E-state index in [2.05, 4.69) is 0 Å². The molecule has 0 aromatic heterocycles. The number of carbonyl (C=O) groups is 1. The minimum atomic E-state index is -4.48. The van der Waals surface area contributed by atoms with Crippen LogP contribution in [0.5, 0.6) is 5.75 Å². The van der Waals surface area contributed by atoms with Crippen molar-refractivity contribution in [2.45, 2.75) is 30.8 Å². The normalized spacial score (nSPS) is 25.4. The third-order valence-corrected chi connectivity index (χ3v) is 4.30. The molecule has 0 radical (unpaired) electrons. The van der Waals surface area contributed by atoms with Crippen LogP contribution in [-0.2, 0) is 10.9 Å². The number of halogens is 3. The van der Waals surface area contributed by atoms with E-state index < -0.39 is 42.1 Å². The number of aliphatic hydroxyl groups is 3. The minimum absolute atomic E-state index is 0.102. The van der Waals surface area contributed by atoms with Crippen LogP contribution in [0.4, 0.5) is 13.2 Å². The van der Waals surface area contributed by atoms with Crippen LogP contribution in [0.2, 0.25) is 0 Å². The third kappa shape index (κ3) is 4.33. The van der Waals surface area contributed by atoms with Crippen molar-refractivity contribution in [3.8, 4) is 5.75 Å². The number of rotatable bonds is 4. The Morgan fingerprint density at radius 2 is 1.46 bits per heavy atom. The highest BCUT2D eigenvalue weighted by atomic mass is 19.4. The summed E-state index contributed by atoms with van der Waals surface area (Å²) in [5.41, 5.74) is -0.511. The molecule has 0 aliphatic carbocycles. The maximum Gasteiger partial charge on any atom is 0.416 e. The summed E-state index contributed by atoms with van der Waals surface area (Å²) in [6.45, 7) is -0.215. The molecule has 1 aliphatic rings. The molecule has 1 fully saturated rings. The lowest BCUT2D eigenvalue weighted by Gasteiger charge is -2.34. The summed E-state index contributed by atoms with van der Waals surface area (Å²) in [5.74, 6) is -0.232. The zero-order valence-electron chi connectivity index (χ0n) is 14.3. The molecule has 0 saturated carbocycles. The standard InChI is InChI=1S/C19H17F3O6/c20-19(21,22)12-5-1-10(2-6-12)15(24)11-3-7-13(8-4-11)28-18-17(26)16(25)14(23)9-27-18/h1-8,14,16-18,23,25-26H,9H2/t14-,16+,17-,18+/m1/s1. The van der Waals surface area contributed by atoms with E-state index >= 15 is 0 Å². The number of ketones is 1. The van der Waals surface area contributed by atoms with Crippen molar-refractivity contribution in [2.75, 3.05) is 6.61 Å². The summed E-state index contributed by atoms with van der Waals surface area (Å²) in [5, 5.41) is 28.9. The fourth-order valence-corrected chi connectivity index (χ4v) is 2.68. The smallest absolute Gasteiger partial charge is 0.416 e. The molecule has 6 nitrogen and oxygen atoms in total. The monoisotopic (exact) mass is 398 g/mol. The molecule has 2 aromatic carbocycles. The van der Waals surface area contributed by atoms with Crippen LogP contribution in [0.25, 0.3) is 0 Å². The Morgan fingerprint density at radius 1 is 0.929 bits per heavy atom. The third-order valence-electron chi connectivity index (χ3n) is 4.30. The molecule has 1 heterocycles. The summed E-state index contributed by atoms with van der Waals surface area (Å²) in [4.78, 5) is 12.4. The maximum absolute atomic E-state index is 12.6. The van der Waals surface area contributed by atoms with Gasteiger partial charge in [0.05, 0.1) is 12.2 Å². The van der Waals surface area contributed by atoms with E-state index in [-0.39, 0.29) is 23.5 Å². The Labute approximate surface area is 157 Å². The van der Waals surface area contributed by atoms with E-state index in [9.17, 15) is 33.3 Å². The van der Waals surface area contributed by atoms with Crippen LogP contribution in [0, 0.1) is 0 Å². The number of ether oxygens (including phenoxy) is 2. The number of aliphatic hydroxyl groups excluding tert-OH is 3. The zero-order chi connectivity index (χ0) is 20.5. The van der Waals surface area contributed by atoms with Crippen LogP contribution in [0.15, 0.2) is 48.5 Å². The highest BCUT2D eigenvalue weighted by molar-refractivity contribution is 6.09. The Hall–Kier alpha value is -2.46. The van der Waals surface area contributed by atoms with Crippen molar-refractivity contribution >= 4 is 5.78 Å². The van der Waals surface area contributed by atoms with Crippen LogP contribution in [0.3, 0.4) is 0 Å². The molecule has 2 aromatic rings. The van der Waals surface area contributed by atoms with Crippen molar-refractivity contribution in [1.82, 2.24) is 0 Å². The van der Waals surface area contributed by atoms with Crippen molar-refractivity contribution in [2.24, 2.45) is 0 Å². The minimum Gasteiger partial charge on any atom is -0.462 e. The Bertz CT molecular complexity index is 819. The second-order valence-corrected chi connectivity index (χ2v) is 6.30. The molecule has 3 rings (SSSR count). The van der Waals surface area contributed by atoms with Crippen molar-refractivity contribution in [3.05, 3.63) is 65.2 Å². The van der Waals surface area contributed by atoms with Gasteiger partial charge >= 0.3 is 6.18 Å². The second-order valence-electron chi connectivity index (χ2n) is 6.30. The lowest BCUT2D eigenvalue weighted by molar-refractivity contribution is -0.242. The van der Waals surface area contributed by atoms with Gasteiger partial charge in [-0.25, -0.2) is 0 Å². The molecule has 0 bridgehead atoms. The summed E-state index contributed by atoms with van der Waals surface area (Å²) in [6.07, 6.45) is -9.78. The van der Waals surface area contributed by atoms with Gasteiger partial charge in [-0.2, -0.15) is 13.2 Å².